The molecule has 1 unspecified atom stereocenters. The van der Waals surface area contributed by atoms with Crippen LogP contribution in [0, 0.1) is 11.3 Å². The average Bonchev–Trinajstić information content (AvgIpc) is 2.68. The van der Waals surface area contributed by atoms with E-state index in [0.717, 1.165) is 12.8 Å². The smallest absolute Gasteiger partial charge is 0.265 e. The molecule has 110 valence electrons. The Morgan fingerprint density at radius 2 is 2.15 bits per heavy atom. The number of aromatic nitrogens is 1. The van der Waals surface area contributed by atoms with Crippen LogP contribution in [-0.4, -0.2) is 19.3 Å². The van der Waals surface area contributed by atoms with Crippen LogP contribution in [0.4, 0.5) is 0 Å². The van der Waals surface area contributed by atoms with Gasteiger partial charge in [0.1, 0.15) is 4.90 Å². The molecule has 1 aliphatic rings. The SMILES string of the molecule is CC1(C)CCCC1C(=O)NS(=O)(=O)c1cncc(Cl)c1. The van der Waals surface area contributed by atoms with Crippen molar-refractivity contribution in [1.29, 1.82) is 0 Å². The van der Waals surface area contributed by atoms with Crippen molar-refractivity contribution in [2.75, 3.05) is 0 Å². The Morgan fingerprint density at radius 1 is 1.45 bits per heavy atom. The Balaban J connectivity index is 2.19. The van der Waals surface area contributed by atoms with E-state index in [-0.39, 0.29) is 21.3 Å². The molecule has 0 saturated heterocycles. The number of nitrogens with one attached hydrogen (secondary N) is 1. The van der Waals surface area contributed by atoms with Gasteiger partial charge in [-0.05, 0) is 24.3 Å². The van der Waals surface area contributed by atoms with Gasteiger partial charge in [0.05, 0.1) is 5.02 Å². The summed E-state index contributed by atoms with van der Waals surface area (Å²) in [4.78, 5) is 15.8. The largest absolute Gasteiger partial charge is 0.274 e. The molecule has 5 nitrogen and oxygen atoms in total. The summed E-state index contributed by atoms with van der Waals surface area (Å²) >= 11 is 5.72. The lowest BCUT2D eigenvalue weighted by Gasteiger charge is -2.25. The summed E-state index contributed by atoms with van der Waals surface area (Å²) in [5.41, 5.74) is -0.174. The first-order chi connectivity index (χ1) is 9.22. The van der Waals surface area contributed by atoms with E-state index < -0.39 is 15.9 Å². The highest BCUT2D eigenvalue weighted by molar-refractivity contribution is 7.90. The zero-order chi connectivity index (χ0) is 15.0. The first-order valence-electron chi connectivity index (χ1n) is 6.39. The molecule has 0 bridgehead atoms. The quantitative estimate of drug-likeness (QED) is 0.928. The molecule has 0 radical (unpaired) electrons. The molecule has 0 spiro atoms. The van der Waals surface area contributed by atoms with E-state index in [2.05, 4.69) is 9.71 Å². The number of pyridine rings is 1. The maximum absolute atomic E-state index is 12.2. The van der Waals surface area contributed by atoms with Crippen molar-refractivity contribution in [3.05, 3.63) is 23.5 Å². The fraction of sp³-hybridized carbons (Fsp3) is 0.538. The fourth-order valence-electron chi connectivity index (χ4n) is 2.61. The van der Waals surface area contributed by atoms with Crippen molar-refractivity contribution in [3.63, 3.8) is 0 Å². The lowest BCUT2D eigenvalue weighted by Crippen LogP contribution is -2.39. The molecule has 0 aliphatic heterocycles. The number of sulfonamides is 1. The Hall–Kier alpha value is -1.14. The Bertz CT molecular complexity index is 628. The summed E-state index contributed by atoms with van der Waals surface area (Å²) in [5.74, 6) is -0.739. The number of hydrogen-bond donors (Lipinski definition) is 1. The summed E-state index contributed by atoms with van der Waals surface area (Å²) in [7, 11) is -3.92. The summed E-state index contributed by atoms with van der Waals surface area (Å²) < 4.78 is 26.4. The van der Waals surface area contributed by atoms with Gasteiger partial charge in [0, 0.05) is 18.3 Å². The second-order valence-corrected chi connectivity index (χ2v) is 7.86. The van der Waals surface area contributed by atoms with E-state index in [4.69, 9.17) is 11.6 Å². The highest BCUT2D eigenvalue weighted by Gasteiger charge is 2.40. The number of hydrogen-bond acceptors (Lipinski definition) is 4. The van der Waals surface area contributed by atoms with Gasteiger partial charge < -0.3 is 0 Å². The van der Waals surface area contributed by atoms with Gasteiger partial charge in [0.15, 0.2) is 0 Å². The highest BCUT2D eigenvalue weighted by atomic mass is 35.5. The average molecular weight is 317 g/mol. The van der Waals surface area contributed by atoms with Crippen LogP contribution in [0.25, 0.3) is 0 Å². The lowest BCUT2D eigenvalue weighted by atomic mass is 9.81. The maximum atomic E-state index is 12.2. The van der Waals surface area contributed by atoms with Crippen molar-refractivity contribution in [2.45, 2.75) is 38.0 Å². The van der Waals surface area contributed by atoms with Crippen LogP contribution in [0.1, 0.15) is 33.1 Å². The van der Waals surface area contributed by atoms with Crippen LogP contribution in [0.2, 0.25) is 5.02 Å². The number of rotatable bonds is 3. The molecule has 1 saturated carbocycles. The zero-order valence-corrected chi connectivity index (χ0v) is 13.0. The molecule has 7 heteroatoms. The van der Waals surface area contributed by atoms with Gasteiger partial charge >= 0.3 is 0 Å². The van der Waals surface area contributed by atoms with Crippen molar-refractivity contribution >= 4 is 27.5 Å². The molecule has 1 aromatic rings. The molecular formula is C13H17ClN2O3S. The highest BCUT2D eigenvalue weighted by Crippen LogP contribution is 2.42. The van der Waals surface area contributed by atoms with Crippen LogP contribution in [0.3, 0.4) is 0 Å². The van der Waals surface area contributed by atoms with E-state index in [1.165, 1.54) is 18.5 Å². The number of nitrogens with zero attached hydrogens (tertiary/aromatic N) is 1. The summed E-state index contributed by atoms with van der Waals surface area (Å²) in [5, 5.41) is 0.210. The Kier molecular flexibility index (Phi) is 4.07. The molecule has 2 rings (SSSR count). The molecule has 1 amide bonds. The molecule has 1 aromatic heterocycles. The third kappa shape index (κ3) is 3.12. The van der Waals surface area contributed by atoms with Crippen LogP contribution in [0.15, 0.2) is 23.4 Å². The second-order valence-electron chi connectivity index (χ2n) is 5.74. The minimum absolute atomic E-state index is 0.103. The monoisotopic (exact) mass is 316 g/mol. The van der Waals surface area contributed by atoms with E-state index in [1.54, 1.807) is 0 Å². The van der Waals surface area contributed by atoms with Crippen LogP contribution in [0.5, 0.6) is 0 Å². The number of amides is 1. The third-order valence-electron chi connectivity index (χ3n) is 3.80. The molecule has 0 aromatic carbocycles. The van der Waals surface area contributed by atoms with Crippen LogP contribution < -0.4 is 4.72 Å². The number of halogens is 1. The van der Waals surface area contributed by atoms with Crippen molar-refractivity contribution < 1.29 is 13.2 Å². The first kappa shape index (κ1) is 15.3. The number of carbonyl (C=O) groups excluding carboxylic acids is 1. The predicted molar refractivity (Wildman–Crippen MR) is 75.7 cm³/mol. The van der Waals surface area contributed by atoms with Gasteiger partial charge in [0.2, 0.25) is 5.91 Å². The van der Waals surface area contributed by atoms with E-state index in [1.807, 2.05) is 13.8 Å². The minimum atomic E-state index is -3.92. The molecular weight excluding hydrogens is 300 g/mol. The van der Waals surface area contributed by atoms with Gasteiger partial charge in [-0.25, -0.2) is 13.1 Å². The Labute approximate surface area is 123 Å². The zero-order valence-electron chi connectivity index (χ0n) is 11.4. The topological polar surface area (TPSA) is 76.1 Å². The van der Waals surface area contributed by atoms with Gasteiger partial charge in [0.25, 0.3) is 10.0 Å². The fourth-order valence-corrected chi connectivity index (χ4v) is 3.86. The minimum Gasteiger partial charge on any atom is -0.274 e. The summed E-state index contributed by atoms with van der Waals surface area (Å²) in [6.45, 7) is 3.97. The van der Waals surface area contributed by atoms with Crippen molar-refractivity contribution in [3.8, 4) is 0 Å². The Morgan fingerprint density at radius 3 is 2.70 bits per heavy atom. The second kappa shape index (κ2) is 5.33. The van der Waals surface area contributed by atoms with Gasteiger partial charge in [-0.1, -0.05) is 31.9 Å². The molecule has 1 fully saturated rings. The van der Waals surface area contributed by atoms with Crippen LogP contribution in [-0.2, 0) is 14.8 Å². The molecule has 1 N–H and O–H groups in total. The predicted octanol–water partition coefficient (Wildman–Crippen LogP) is 2.37. The lowest BCUT2D eigenvalue weighted by molar-refractivity contribution is -0.125. The van der Waals surface area contributed by atoms with E-state index >= 15 is 0 Å². The molecule has 1 atom stereocenters. The summed E-state index contributed by atoms with van der Waals surface area (Å²) in [6, 6.07) is 1.27. The van der Waals surface area contributed by atoms with E-state index in [9.17, 15) is 13.2 Å². The van der Waals surface area contributed by atoms with Crippen LogP contribution >= 0.6 is 11.6 Å². The van der Waals surface area contributed by atoms with Gasteiger partial charge in [-0.3, -0.25) is 9.78 Å². The maximum Gasteiger partial charge on any atom is 0.265 e. The van der Waals surface area contributed by atoms with Gasteiger partial charge in [-0.15, -0.1) is 0 Å². The summed E-state index contributed by atoms with van der Waals surface area (Å²) in [6.07, 6.45) is 5.07. The van der Waals surface area contributed by atoms with Crippen molar-refractivity contribution in [2.24, 2.45) is 11.3 Å². The first-order valence-corrected chi connectivity index (χ1v) is 8.26. The van der Waals surface area contributed by atoms with Gasteiger partial charge in [-0.2, -0.15) is 0 Å². The van der Waals surface area contributed by atoms with Crippen molar-refractivity contribution in [1.82, 2.24) is 9.71 Å². The number of carbonyl (C=O) groups is 1. The standard InChI is InChI=1S/C13H17ClN2O3S/c1-13(2)5-3-4-11(13)12(17)16-20(18,19)10-6-9(14)7-15-8-10/h6-8,11H,3-5H2,1-2H3,(H,16,17). The van der Waals surface area contributed by atoms with E-state index in [0.29, 0.717) is 6.42 Å². The molecule has 20 heavy (non-hydrogen) atoms. The molecule has 1 heterocycles. The third-order valence-corrected chi connectivity index (χ3v) is 5.32. The normalized spacial score (nSPS) is 21.6. The molecule has 1 aliphatic carbocycles.